The number of ketones is 1. The molecule has 0 aliphatic rings. The lowest BCUT2D eigenvalue weighted by molar-refractivity contribution is -0.0491. The normalized spacial score (nSPS) is 10.9. The van der Waals surface area contributed by atoms with Crippen LogP contribution in [0.1, 0.15) is 16.1 Å². The maximum atomic E-state index is 11.7. The number of hydrogen-bond donors (Lipinski definition) is 1. The van der Waals surface area contributed by atoms with Gasteiger partial charge in [-0.3, -0.25) is 15.1 Å². The number of hydrogen-bond acceptors (Lipinski definition) is 4. The predicted octanol–water partition coefficient (Wildman–Crippen LogP) is 4.53. The highest BCUT2D eigenvalue weighted by Gasteiger charge is 2.05. The average molecular weight is 319 g/mol. The van der Waals surface area contributed by atoms with Crippen molar-refractivity contribution in [3.8, 4) is 11.1 Å². The Morgan fingerprint density at radius 1 is 0.958 bits per heavy atom. The Kier molecular flexibility index (Phi) is 4.89. The summed E-state index contributed by atoms with van der Waals surface area (Å²) in [5.41, 5.74) is 3.20. The van der Waals surface area contributed by atoms with Gasteiger partial charge in [-0.2, -0.15) is 0 Å². The molecule has 0 saturated heterocycles. The molecule has 3 aromatic rings. The molecule has 1 aromatic heterocycles. The highest BCUT2D eigenvalue weighted by Crippen LogP contribution is 2.19. The van der Waals surface area contributed by atoms with Crippen LogP contribution >= 0.6 is 0 Å². The number of furan rings is 1. The van der Waals surface area contributed by atoms with Gasteiger partial charge in [0.15, 0.2) is 5.76 Å². The van der Waals surface area contributed by atoms with Crippen molar-refractivity contribution in [3.05, 3.63) is 96.6 Å². The van der Waals surface area contributed by atoms with Crippen LogP contribution in [0.4, 0.5) is 0 Å². The average Bonchev–Trinajstić information content (AvgIpc) is 3.16. The fourth-order valence-electron chi connectivity index (χ4n) is 2.33. The topological polar surface area (TPSA) is 53.7 Å². The standard InChI is InChI=1S/C20H17NO3/c22-19(20-7-4-14-24-20)12-13-21(23)15-16-8-10-18(11-9-16)17-5-2-1-3-6-17/h1-14,23H,15H2/b13-12-. The molecule has 0 fully saturated rings. The third kappa shape index (κ3) is 4.00. The number of rotatable bonds is 6. The first-order valence-electron chi connectivity index (χ1n) is 7.58. The Hall–Kier alpha value is -3.11. The van der Waals surface area contributed by atoms with Gasteiger partial charge in [-0.25, -0.2) is 0 Å². The smallest absolute Gasteiger partial charge is 0.222 e. The highest BCUT2D eigenvalue weighted by molar-refractivity contribution is 6.02. The van der Waals surface area contributed by atoms with Gasteiger partial charge in [-0.1, -0.05) is 54.6 Å². The SMILES string of the molecule is O=C(/C=C\N(O)Cc1ccc(-c2ccccc2)cc1)c1ccco1. The third-order valence-electron chi connectivity index (χ3n) is 3.57. The Balaban J connectivity index is 1.60. The minimum Gasteiger partial charge on any atom is -0.461 e. The van der Waals surface area contributed by atoms with E-state index >= 15 is 0 Å². The van der Waals surface area contributed by atoms with Gasteiger partial charge >= 0.3 is 0 Å². The summed E-state index contributed by atoms with van der Waals surface area (Å²) in [6, 6.07) is 21.2. The van der Waals surface area contributed by atoms with E-state index in [2.05, 4.69) is 12.1 Å². The minimum absolute atomic E-state index is 0.242. The first kappa shape index (κ1) is 15.8. The molecule has 4 heteroatoms. The van der Waals surface area contributed by atoms with Gasteiger partial charge in [0.05, 0.1) is 12.8 Å². The van der Waals surface area contributed by atoms with Crippen LogP contribution in [0.5, 0.6) is 0 Å². The summed E-state index contributed by atoms with van der Waals surface area (Å²) in [6.45, 7) is 0.289. The molecule has 0 unspecified atom stereocenters. The molecule has 1 heterocycles. The molecule has 4 nitrogen and oxygen atoms in total. The van der Waals surface area contributed by atoms with Gasteiger partial charge in [0.1, 0.15) is 0 Å². The van der Waals surface area contributed by atoms with Crippen LogP contribution in [-0.4, -0.2) is 16.1 Å². The van der Waals surface area contributed by atoms with Crippen molar-refractivity contribution >= 4 is 5.78 Å². The lowest BCUT2D eigenvalue weighted by atomic mass is 10.0. The van der Waals surface area contributed by atoms with Crippen LogP contribution in [0.2, 0.25) is 0 Å². The van der Waals surface area contributed by atoms with Crippen LogP contribution in [0.25, 0.3) is 11.1 Å². The van der Waals surface area contributed by atoms with E-state index in [0.717, 1.165) is 21.8 Å². The largest absolute Gasteiger partial charge is 0.461 e. The molecule has 0 aliphatic carbocycles. The molecular formula is C20H17NO3. The van der Waals surface area contributed by atoms with Crippen molar-refractivity contribution in [2.45, 2.75) is 6.54 Å². The van der Waals surface area contributed by atoms with E-state index in [1.807, 2.05) is 42.5 Å². The molecule has 24 heavy (non-hydrogen) atoms. The zero-order valence-corrected chi connectivity index (χ0v) is 13.0. The lowest BCUT2D eigenvalue weighted by Crippen LogP contribution is -2.11. The second-order valence-electron chi connectivity index (χ2n) is 5.32. The van der Waals surface area contributed by atoms with Crippen LogP contribution in [0.15, 0.2) is 89.7 Å². The Bertz CT molecular complexity index is 806. The molecule has 0 spiro atoms. The van der Waals surface area contributed by atoms with Crippen LogP contribution in [-0.2, 0) is 6.54 Å². The van der Waals surface area contributed by atoms with Crippen molar-refractivity contribution in [2.75, 3.05) is 0 Å². The molecule has 1 N–H and O–H groups in total. The molecule has 0 atom stereocenters. The summed E-state index contributed by atoms with van der Waals surface area (Å²) in [6.07, 6.45) is 4.04. The van der Waals surface area contributed by atoms with E-state index in [0.29, 0.717) is 0 Å². The lowest BCUT2D eigenvalue weighted by Gasteiger charge is -2.12. The van der Waals surface area contributed by atoms with E-state index in [9.17, 15) is 10.0 Å². The predicted molar refractivity (Wildman–Crippen MR) is 91.4 cm³/mol. The Morgan fingerprint density at radius 2 is 1.67 bits per heavy atom. The van der Waals surface area contributed by atoms with Crippen LogP contribution < -0.4 is 0 Å². The van der Waals surface area contributed by atoms with E-state index in [1.165, 1.54) is 18.5 Å². The molecule has 0 aliphatic heterocycles. The summed E-state index contributed by atoms with van der Waals surface area (Å²) in [5, 5.41) is 10.9. The van der Waals surface area contributed by atoms with Gasteiger partial charge in [0.25, 0.3) is 0 Å². The van der Waals surface area contributed by atoms with E-state index < -0.39 is 0 Å². The third-order valence-corrected chi connectivity index (χ3v) is 3.57. The molecule has 0 saturated carbocycles. The maximum absolute atomic E-state index is 11.7. The van der Waals surface area contributed by atoms with Gasteiger partial charge < -0.3 is 4.42 Å². The molecule has 0 bridgehead atoms. The molecule has 0 amide bonds. The second-order valence-corrected chi connectivity index (χ2v) is 5.32. The van der Waals surface area contributed by atoms with Crippen molar-refractivity contribution in [1.82, 2.24) is 5.06 Å². The number of nitrogens with zero attached hydrogens (tertiary/aromatic N) is 1. The van der Waals surface area contributed by atoms with Gasteiger partial charge in [0, 0.05) is 12.3 Å². The Morgan fingerprint density at radius 3 is 2.33 bits per heavy atom. The molecule has 3 rings (SSSR count). The highest BCUT2D eigenvalue weighted by atomic mass is 16.5. The monoisotopic (exact) mass is 319 g/mol. The quantitative estimate of drug-likeness (QED) is 0.412. The zero-order valence-electron chi connectivity index (χ0n) is 13.0. The number of benzene rings is 2. The summed E-state index contributed by atoms with van der Waals surface area (Å²) in [4.78, 5) is 11.7. The maximum Gasteiger partial charge on any atom is 0.222 e. The number of hydroxylamine groups is 2. The fraction of sp³-hybridized carbons (Fsp3) is 0.0500. The minimum atomic E-state index is -0.293. The summed E-state index contributed by atoms with van der Waals surface area (Å²) < 4.78 is 5.00. The first-order chi connectivity index (χ1) is 11.7. The second kappa shape index (κ2) is 7.44. The van der Waals surface area contributed by atoms with Crippen molar-refractivity contribution in [2.24, 2.45) is 0 Å². The summed E-state index contributed by atoms with van der Waals surface area (Å²) in [5.74, 6) is -0.0506. The molecule has 0 radical (unpaired) electrons. The van der Waals surface area contributed by atoms with E-state index in [1.54, 1.807) is 12.1 Å². The fourth-order valence-corrected chi connectivity index (χ4v) is 2.33. The van der Waals surface area contributed by atoms with Crippen molar-refractivity contribution in [1.29, 1.82) is 0 Å². The first-order valence-corrected chi connectivity index (χ1v) is 7.58. The summed E-state index contributed by atoms with van der Waals surface area (Å²) >= 11 is 0. The molecular weight excluding hydrogens is 302 g/mol. The van der Waals surface area contributed by atoms with E-state index in [-0.39, 0.29) is 18.1 Å². The van der Waals surface area contributed by atoms with E-state index in [4.69, 9.17) is 4.42 Å². The van der Waals surface area contributed by atoms with Crippen molar-refractivity contribution in [3.63, 3.8) is 0 Å². The number of allylic oxidation sites excluding steroid dienone is 1. The number of carbonyl (C=O) groups is 1. The number of carbonyl (C=O) groups excluding carboxylic acids is 1. The van der Waals surface area contributed by atoms with Crippen LogP contribution in [0, 0.1) is 0 Å². The molecule has 2 aromatic carbocycles. The van der Waals surface area contributed by atoms with Crippen LogP contribution in [0.3, 0.4) is 0 Å². The van der Waals surface area contributed by atoms with Gasteiger partial charge in [-0.05, 0) is 28.8 Å². The van der Waals surface area contributed by atoms with Gasteiger partial charge in [-0.15, -0.1) is 0 Å². The summed E-state index contributed by atoms with van der Waals surface area (Å²) in [7, 11) is 0. The molecule has 120 valence electrons. The Labute approximate surface area is 140 Å². The zero-order chi connectivity index (χ0) is 16.8. The van der Waals surface area contributed by atoms with Crippen molar-refractivity contribution < 1.29 is 14.4 Å². The van der Waals surface area contributed by atoms with Gasteiger partial charge in [0.2, 0.25) is 5.78 Å².